The molecule has 1 aromatic heterocycles. The first-order chi connectivity index (χ1) is 11.6. The van der Waals surface area contributed by atoms with E-state index in [1.807, 2.05) is 29.2 Å². The lowest BCUT2D eigenvalue weighted by atomic mass is 10.2. The van der Waals surface area contributed by atoms with Crippen molar-refractivity contribution in [3.8, 4) is 0 Å². The van der Waals surface area contributed by atoms with Crippen LogP contribution in [0.3, 0.4) is 0 Å². The zero-order valence-electron chi connectivity index (χ0n) is 12.7. The summed E-state index contributed by atoms with van der Waals surface area (Å²) in [5.41, 5.74) is 0.952. The fourth-order valence-corrected chi connectivity index (χ4v) is 5.08. The van der Waals surface area contributed by atoms with Crippen LogP contribution in [0.4, 0.5) is 4.79 Å². The van der Waals surface area contributed by atoms with E-state index in [0.717, 1.165) is 39.8 Å². The SMILES string of the molecule is O=C1NC(=O)[C@@H](CC(=O)N2CCC[C@@H]2c2nc3ccccc3s2)S1. The van der Waals surface area contributed by atoms with Gasteiger partial charge < -0.3 is 4.90 Å². The average Bonchev–Trinajstić information content (AvgIpc) is 3.25. The van der Waals surface area contributed by atoms with E-state index in [4.69, 9.17) is 0 Å². The largest absolute Gasteiger partial charge is 0.333 e. The number of carbonyl (C=O) groups excluding carboxylic acids is 3. The minimum absolute atomic E-state index is 0.0277. The molecule has 6 nitrogen and oxygen atoms in total. The molecule has 0 spiro atoms. The van der Waals surface area contributed by atoms with Gasteiger partial charge in [-0.25, -0.2) is 4.98 Å². The van der Waals surface area contributed by atoms with Crippen molar-refractivity contribution in [3.05, 3.63) is 29.3 Å². The molecule has 2 aliphatic rings. The Morgan fingerprint density at radius 3 is 2.92 bits per heavy atom. The number of likely N-dealkylation sites (tertiary alicyclic amines) is 1. The third-order valence-electron chi connectivity index (χ3n) is 4.30. The van der Waals surface area contributed by atoms with E-state index in [2.05, 4.69) is 10.3 Å². The molecule has 0 bridgehead atoms. The van der Waals surface area contributed by atoms with Crippen molar-refractivity contribution in [2.75, 3.05) is 6.54 Å². The van der Waals surface area contributed by atoms with E-state index in [1.165, 1.54) is 0 Å². The summed E-state index contributed by atoms with van der Waals surface area (Å²) in [5.74, 6) is -0.451. The molecule has 2 aliphatic heterocycles. The van der Waals surface area contributed by atoms with Gasteiger partial charge in [-0.05, 0) is 25.0 Å². The Kier molecular flexibility index (Phi) is 4.01. The zero-order chi connectivity index (χ0) is 16.7. The maximum absolute atomic E-state index is 12.7. The predicted octanol–water partition coefficient (Wildman–Crippen LogP) is 2.70. The molecule has 3 amide bonds. The van der Waals surface area contributed by atoms with E-state index in [9.17, 15) is 14.4 Å². The number of carbonyl (C=O) groups is 3. The van der Waals surface area contributed by atoms with E-state index < -0.39 is 5.25 Å². The van der Waals surface area contributed by atoms with Crippen molar-refractivity contribution >= 4 is 50.4 Å². The van der Waals surface area contributed by atoms with Crippen LogP contribution in [0.5, 0.6) is 0 Å². The Bertz CT molecular complexity index is 802. The molecule has 24 heavy (non-hydrogen) atoms. The summed E-state index contributed by atoms with van der Waals surface area (Å²) in [7, 11) is 0. The maximum atomic E-state index is 12.7. The van der Waals surface area contributed by atoms with Gasteiger partial charge in [-0.15, -0.1) is 11.3 Å². The van der Waals surface area contributed by atoms with Gasteiger partial charge in [-0.3, -0.25) is 19.7 Å². The summed E-state index contributed by atoms with van der Waals surface area (Å²) < 4.78 is 1.11. The molecule has 1 aromatic carbocycles. The second-order valence-corrected chi connectivity index (χ2v) is 8.09. The number of hydrogen-bond donors (Lipinski definition) is 1. The van der Waals surface area contributed by atoms with Crippen molar-refractivity contribution in [3.63, 3.8) is 0 Å². The highest BCUT2D eigenvalue weighted by Crippen LogP contribution is 2.37. The summed E-state index contributed by atoms with van der Waals surface area (Å²) in [5, 5.41) is 2.19. The molecule has 8 heteroatoms. The molecular weight excluding hydrogens is 346 g/mol. The smallest absolute Gasteiger partial charge is 0.286 e. The van der Waals surface area contributed by atoms with E-state index in [-0.39, 0.29) is 29.5 Å². The van der Waals surface area contributed by atoms with Crippen LogP contribution in [-0.4, -0.2) is 38.7 Å². The van der Waals surface area contributed by atoms with Crippen LogP contribution in [0.25, 0.3) is 10.2 Å². The molecule has 2 atom stereocenters. The number of thioether (sulfide) groups is 1. The van der Waals surface area contributed by atoms with Gasteiger partial charge in [0.25, 0.3) is 5.24 Å². The second kappa shape index (κ2) is 6.18. The lowest BCUT2D eigenvalue weighted by Gasteiger charge is -2.23. The molecule has 2 aromatic rings. The molecule has 0 radical (unpaired) electrons. The fraction of sp³-hybridized carbons (Fsp3) is 0.375. The van der Waals surface area contributed by atoms with Crippen LogP contribution in [0.2, 0.25) is 0 Å². The Morgan fingerprint density at radius 1 is 1.33 bits per heavy atom. The summed E-state index contributed by atoms with van der Waals surface area (Å²) >= 11 is 2.52. The highest BCUT2D eigenvalue weighted by Gasteiger charge is 2.38. The fourth-order valence-electron chi connectivity index (χ4n) is 3.16. The van der Waals surface area contributed by atoms with Gasteiger partial charge in [0.15, 0.2) is 0 Å². The van der Waals surface area contributed by atoms with E-state index in [1.54, 1.807) is 11.3 Å². The van der Waals surface area contributed by atoms with Gasteiger partial charge in [-0.1, -0.05) is 23.9 Å². The number of para-hydroxylation sites is 1. The molecule has 3 heterocycles. The summed E-state index contributed by atoms with van der Waals surface area (Å²) in [6.07, 6.45) is 1.87. The minimum Gasteiger partial charge on any atom is -0.333 e. The third kappa shape index (κ3) is 2.80. The molecule has 1 N–H and O–H groups in total. The number of benzene rings is 1. The van der Waals surface area contributed by atoms with Crippen molar-refractivity contribution < 1.29 is 14.4 Å². The first kappa shape index (κ1) is 15.6. The van der Waals surface area contributed by atoms with E-state index in [0.29, 0.717) is 6.54 Å². The van der Waals surface area contributed by atoms with Crippen LogP contribution in [-0.2, 0) is 9.59 Å². The van der Waals surface area contributed by atoms with Crippen LogP contribution in [0, 0.1) is 0 Å². The van der Waals surface area contributed by atoms with Crippen LogP contribution in [0.15, 0.2) is 24.3 Å². The summed E-state index contributed by atoms with van der Waals surface area (Å²) in [6.45, 7) is 0.673. The van der Waals surface area contributed by atoms with Crippen molar-refractivity contribution in [1.29, 1.82) is 0 Å². The molecule has 2 saturated heterocycles. The topological polar surface area (TPSA) is 79.4 Å². The molecular formula is C16H15N3O3S2. The first-order valence-electron chi connectivity index (χ1n) is 7.78. The van der Waals surface area contributed by atoms with Crippen molar-refractivity contribution in [2.24, 2.45) is 0 Å². The minimum atomic E-state index is -0.610. The number of nitrogens with one attached hydrogen (secondary N) is 1. The summed E-state index contributed by atoms with van der Waals surface area (Å²) in [6, 6.07) is 7.91. The van der Waals surface area contributed by atoms with Gasteiger partial charge in [0, 0.05) is 13.0 Å². The highest BCUT2D eigenvalue weighted by atomic mass is 32.2. The number of thiazole rings is 1. The molecule has 0 unspecified atom stereocenters. The Hall–Kier alpha value is -1.93. The van der Waals surface area contributed by atoms with Gasteiger partial charge in [0.05, 0.1) is 16.3 Å². The molecule has 2 fully saturated rings. The zero-order valence-corrected chi connectivity index (χ0v) is 14.4. The standard InChI is InChI=1S/C16H15N3O3S2/c20-13(8-12-14(21)18-16(22)24-12)19-7-3-5-10(19)15-17-9-4-1-2-6-11(9)23-15/h1-2,4,6,10,12H,3,5,7-8H2,(H,18,21,22)/t10-,12-/m1/s1. The number of nitrogens with zero attached hydrogens (tertiary/aromatic N) is 2. The number of hydrogen-bond acceptors (Lipinski definition) is 6. The number of aromatic nitrogens is 1. The Labute approximate surface area is 146 Å². The molecule has 4 rings (SSSR count). The second-order valence-electron chi connectivity index (χ2n) is 5.85. The lowest BCUT2D eigenvalue weighted by Crippen LogP contribution is -2.34. The molecule has 0 saturated carbocycles. The lowest BCUT2D eigenvalue weighted by molar-refractivity contribution is -0.133. The molecule has 124 valence electrons. The molecule has 0 aliphatic carbocycles. The van der Waals surface area contributed by atoms with Crippen LogP contribution in [0.1, 0.15) is 30.3 Å². The summed E-state index contributed by atoms with van der Waals surface area (Å²) in [4.78, 5) is 42.1. The van der Waals surface area contributed by atoms with Gasteiger partial charge >= 0.3 is 0 Å². The predicted molar refractivity (Wildman–Crippen MR) is 92.8 cm³/mol. The van der Waals surface area contributed by atoms with Crippen LogP contribution >= 0.6 is 23.1 Å². The van der Waals surface area contributed by atoms with Gasteiger partial charge in [0.2, 0.25) is 11.8 Å². The van der Waals surface area contributed by atoms with Crippen LogP contribution < -0.4 is 5.32 Å². The number of amides is 3. The third-order valence-corrected chi connectivity index (χ3v) is 6.41. The highest BCUT2D eigenvalue weighted by molar-refractivity contribution is 8.15. The first-order valence-corrected chi connectivity index (χ1v) is 9.48. The Balaban J connectivity index is 1.52. The Morgan fingerprint density at radius 2 is 2.17 bits per heavy atom. The van der Waals surface area contributed by atoms with Crippen molar-refractivity contribution in [2.45, 2.75) is 30.6 Å². The quantitative estimate of drug-likeness (QED) is 0.909. The van der Waals surface area contributed by atoms with Gasteiger partial charge in [-0.2, -0.15) is 0 Å². The number of rotatable bonds is 3. The normalized spacial score (nSPS) is 23.9. The van der Waals surface area contributed by atoms with E-state index >= 15 is 0 Å². The van der Waals surface area contributed by atoms with Crippen molar-refractivity contribution in [1.82, 2.24) is 15.2 Å². The monoisotopic (exact) mass is 361 g/mol. The average molecular weight is 361 g/mol. The maximum Gasteiger partial charge on any atom is 0.286 e. The number of imide groups is 1. The number of fused-ring (bicyclic) bond motifs is 1. The van der Waals surface area contributed by atoms with Gasteiger partial charge in [0.1, 0.15) is 10.3 Å².